The number of aryl methyl sites for hydroxylation is 1. The molecule has 94 valence electrons. The summed E-state index contributed by atoms with van der Waals surface area (Å²) in [6.45, 7) is 0.773. The third-order valence-corrected chi connectivity index (χ3v) is 4.67. The van der Waals surface area contributed by atoms with E-state index >= 15 is 0 Å². The molecule has 1 unspecified atom stereocenters. The number of thiophene rings is 1. The number of halogens is 1. The second-order valence-corrected chi connectivity index (χ2v) is 5.75. The van der Waals surface area contributed by atoms with Crippen LogP contribution in [0.1, 0.15) is 28.5 Å². The molecule has 1 aliphatic rings. The Labute approximate surface area is 115 Å². The van der Waals surface area contributed by atoms with Crippen molar-refractivity contribution in [2.45, 2.75) is 18.9 Å². The largest absolute Gasteiger partial charge is 0.493 e. The highest BCUT2D eigenvalue weighted by molar-refractivity contribution is 7.10. The maximum Gasteiger partial charge on any atom is 0.127 e. The van der Waals surface area contributed by atoms with E-state index in [0.29, 0.717) is 0 Å². The van der Waals surface area contributed by atoms with E-state index in [2.05, 4.69) is 6.07 Å². The van der Waals surface area contributed by atoms with Gasteiger partial charge >= 0.3 is 0 Å². The Morgan fingerprint density at radius 3 is 3.00 bits per heavy atom. The predicted octanol–water partition coefficient (Wildman–Crippen LogP) is 3.77. The molecule has 0 amide bonds. The average Bonchev–Trinajstić information content (AvgIpc) is 2.83. The minimum absolute atomic E-state index is 0.203. The van der Waals surface area contributed by atoms with Gasteiger partial charge in [-0.05, 0) is 29.9 Å². The molecular formula is C14H14ClNOS. The molecule has 0 aliphatic carbocycles. The standard InChI is InChI=1S/C14H14ClNOS/c15-11-6-8-18-14(11)12(16)10-5-1-3-9-4-2-7-17-13(9)10/h1,3,5-6,8,12H,2,4,7,16H2. The molecule has 1 atom stereocenters. The summed E-state index contributed by atoms with van der Waals surface area (Å²) >= 11 is 7.75. The van der Waals surface area contributed by atoms with Crippen molar-refractivity contribution in [3.05, 3.63) is 50.7 Å². The van der Waals surface area contributed by atoms with Gasteiger partial charge < -0.3 is 10.5 Å². The zero-order chi connectivity index (χ0) is 12.5. The first kappa shape index (κ1) is 12.0. The van der Waals surface area contributed by atoms with Gasteiger partial charge in [-0.3, -0.25) is 0 Å². The molecule has 3 rings (SSSR count). The van der Waals surface area contributed by atoms with Crippen LogP contribution in [-0.4, -0.2) is 6.61 Å². The van der Waals surface area contributed by atoms with E-state index in [9.17, 15) is 0 Å². The Hall–Kier alpha value is -1.03. The van der Waals surface area contributed by atoms with Crippen molar-refractivity contribution in [2.24, 2.45) is 5.73 Å². The van der Waals surface area contributed by atoms with Gasteiger partial charge in [0.25, 0.3) is 0 Å². The van der Waals surface area contributed by atoms with Crippen LogP contribution in [0.5, 0.6) is 5.75 Å². The van der Waals surface area contributed by atoms with Crippen LogP contribution in [-0.2, 0) is 6.42 Å². The van der Waals surface area contributed by atoms with Crippen LogP contribution >= 0.6 is 22.9 Å². The molecule has 0 bridgehead atoms. The summed E-state index contributed by atoms with van der Waals surface area (Å²) in [6, 6.07) is 7.87. The second-order valence-electron chi connectivity index (χ2n) is 4.40. The van der Waals surface area contributed by atoms with Crippen molar-refractivity contribution in [1.29, 1.82) is 0 Å². The maximum atomic E-state index is 6.33. The zero-order valence-corrected chi connectivity index (χ0v) is 11.4. The lowest BCUT2D eigenvalue weighted by molar-refractivity contribution is 0.284. The number of para-hydroxylation sites is 1. The number of ether oxygens (including phenoxy) is 1. The third-order valence-electron chi connectivity index (χ3n) is 3.23. The molecule has 2 heterocycles. The molecule has 0 saturated heterocycles. The lowest BCUT2D eigenvalue weighted by Gasteiger charge is -2.23. The maximum absolute atomic E-state index is 6.33. The minimum Gasteiger partial charge on any atom is -0.493 e. The topological polar surface area (TPSA) is 35.2 Å². The van der Waals surface area contributed by atoms with Crippen molar-refractivity contribution in [1.82, 2.24) is 0 Å². The first-order chi connectivity index (χ1) is 8.77. The van der Waals surface area contributed by atoms with Crippen LogP contribution in [0.2, 0.25) is 5.02 Å². The molecule has 18 heavy (non-hydrogen) atoms. The van der Waals surface area contributed by atoms with Gasteiger partial charge in [0.2, 0.25) is 0 Å². The highest BCUT2D eigenvalue weighted by atomic mass is 35.5. The van der Waals surface area contributed by atoms with E-state index in [1.807, 2.05) is 23.6 Å². The van der Waals surface area contributed by atoms with Gasteiger partial charge in [0.05, 0.1) is 17.7 Å². The Morgan fingerprint density at radius 2 is 2.22 bits per heavy atom. The summed E-state index contributed by atoms with van der Waals surface area (Å²) in [6.07, 6.45) is 2.14. The van der Waals surface area contributed by atoms with Crippen LogP contribution in [0, 0.1) is 0 Å². The van der Waals surface area contributed by atoms with Crippen molar-refractivity contribution in [3.63, 3.8) is 0 Å². The highest BCUT2D eigenvalue weighted by Gasteiger charge is 2.21. The van der Waals surface area contributed by atoms with E-state index in [1.165, 1.54) is 5.56 Å². The fourth-order valence-electron chi connectivity index (χ4n) is 2.33. The molecule has 1 aromatic carbocycles. The molecule has 0 radical (unpaired) electrons. The molecule has 1 aromatic heterocycles. The monoisotopic (exact) mass is 279 g/mol. The van der Waals surface area contributed by atoms with E-state index in [4.69, 9.17) is 22.1 Å². The Morgan fingerprint density at radius 1 is 1.33 bits per heavy atom. The summed E-state index contributed by atoms with van der Waals surface area (Å²) in [5.41, 5.74) is 8.62. The predicted molar refractivity (Wildman–Crippen MR) is 75.6 cm³/mol. The number of rotatable bonds is 2. The molecule has 2 N–H and O–H groups in total. The summed E-state index contributed by atoms with van der Waals surface area (Å²) in [5.74, 6) is 0.959. The van der Waals surface area contributed by atoms with Crippen LogP contribution in [0.3, 0.4) is 0 Å². The van der Waals surface area contributed by atoms with E-state index in [-0.39, 0.29) is 6.04 Å². The number of benzene rings is 1. The smallest absolute Gasteiger partial charge is 0.127 e. The summed E-state index contributed by atoms with van der Waals surface area (Å²) in [5, 5.41) is 2.70. The Bertz CT molecular complexity index is 567. The van der Waals surface area contributed by atoms with E-state index < -0.39 is 0 Å². The number of hydrogen-bond donors (Lipinski definition) is 1. The fraction of sp³-hybridized carbons (Fsp3) is 0.286. The molecule has 0 spiro atoms. The quantitative estimate of drug-likeness (QED) is 0.908. The number of nitrogens with two attached hydrogens (primary N) is 1. The van der Waals surface area contributed by atoms with Crippen LogP contribution in [0.4, 0.5) is 0 Å². The van der Waals surface area contributed by atoms with Gasteiger partial charge in [-0.2, -0.15) is 0 Å². The normalized spacial score (nSPS) is 15.9. The molecule has 2 nitrogen and oxygen atoms in total. The summed E-state index contributed by atoms with van der Waals surface area (Å²) in [4.78, 5) is 0.999. The van der Waals surface area contributed by atoms with Crippen LogP contribution in [0.25, 0.3) is 0 Å². The molecule has 0 fully saturated rings. The Balaban J connectivity index is 2.04. The minimum atomic E-state index is -0.203. The van der Waals surface area contributed by atoms with Gasteiger partial charge in [0.1, 0.15) is 5.75 Å². The SMILES string of the molecule is NC(c1cccc2c1OCCC2)c1sccc1Cl. The number of hydrogen-bond acceptors (Lipinski definition) is 3. The lowest BCUT2D eigenvalue weighted by atomic mass is 9.97. The molecular weight excluding hydrogens is 266 g/mol. The second kappa shape index (κ2) is 4.92. The van der Waals surface area contributed by atoms with Gasteiger partial charge in [0.15, 0.2) is 0 Å². The van der Waals surface area contributed by atoms with E-state index in [0.717, 1.165) is 40.7 Å². The first-order valence-corrected chi connectivity index (χ1v) is 7.26. The van der Waals surface area contributed by atoms with Gasteiger partial charge in [-0.25, -0.2) is 0 Å². The van der Waals surface area contributed by atoms with Crippen LogP contribution < -0.4 is 10.5 Å². The van der Waals surface area contributed by atoms with Crippen molar-refractivity contribution < 1.29 is 4.74 Å². The van der Waals surface area contributed by atoms with Crippen molar-refractivity contribution >= 4 is 22.9 Å². The van der Waals surface area contributed by atoms with Crippen molar-refractivity contribution in [3.8, 4) is 5.75 Å². The van der Waals surface area contributed by atoms with Gasteiger partial charge in [0, 0.05) is 10.4 Å². The fourth-order valence-corrected chi connectivity index (χ4v) is 3.52. The lowest BCUT2D eigenvalue weighted by Crippen LogP contribution is -2.16. The third kappa shape index (κ3) is 2.03. The number of fused-ring (bicyclic) bond motifs is 1. The first-order valence-electron chi connectivity index (χ1n) is 6.00. The van der Waals surface area contributed by atoms with Crippen molar-refractivity contribution in [2.75, 3.05) is 6.61 Å². The van der Waals surface area contributed by atoms with Gasteiger partial charge in [-0.15, -0.1) is 11.3 Å². The molecule has 4 heteroatoms. The van der Waals surface area contributed by atoms with E-state index in [1.54, 1.807) is 11.3 Å². The molecule has 1 aliphatic heterocycles. The Kier molecular flexibility index (Phi) is 3.29. The summed E-state index contributed by atoms with van der Waals surface area (Å²) in [7, 11) is 0. The molecule has 0 saturated carbocycles. The van der Waals surface area contributed by atoms with Gasteiger partial charge in [-0.1, -0.05) is 29.8 Å². The highest BCUT2D eigenvalue weighted by Crippen LogP contribution is 2.38. The summed E-state index contributed by atoms with van der Waals surface area (Å²) < 4.78 is 5.80. The molecule has 2 aromatic rings. The average molecular weight is 280 g/mol. The zero-order valence-electron chi connectivity index (χ0n) is 9.86. The van der Waals surface area contributed by atoms with Crippen LogP contribution in [0.15, 0.2) is 29.6 Å².